The maximum atomic E-state index is 6.00. The lowest BCUT2D eigenvalue weighted by Crippen LogP contribution is -1.89. The summed E-state index contributed by atoms with van der Waals surface area (Å²) >= 11 is 13.4. The predicted molar refractivity (Wildman–Crippen MR) is 122 cm³/mol. The van der Waals surface area contributed by atoms with E-state index >= 15 is 0 Å². The molecule has 0 aliphatic rings. The van der Waals surface area contributed by atoms with Crippen molar-refractivity contribution in [2.75, 3.05) is 0 Å². The molecule has 5 rings (SSSR count). The van der Waals surface area contributed by atoms with E-state index in [2.05, 4.69) is 10.2 Å². The molecule has 0 radical (unpaired) electrons. The summed E-state index contributed by atoms with van der Waals surface area (Å²) in [6.45, 7) is 0. The topological polar surface area (TPSA) is 54.9 Å². The molecule has 0 N–H and O–H groups in total. The van der Waals surface area contributed by atoms with Crippen molar-refractivity contribution < 1.29 is 0 Å². The van der Waals surface area contributed by atoms with E-state index in [0.717, 1.165) is 32.5 Å². The van der Waals surface area contributed by atoms with E-state index in [1.165, 1.54) is 11.3 Å². The van der Waals surface area contributed by atoms with Gasteiger partial charge in [-0.15, -0.1) is 15.3 Å². The SMILES string of the molecule is Clc1ccc(N=Nc2sc3nc(-c4ccc(Cl)cc4)nn3c2-c2ccccc2)cc1. The minimum Gasteiger partial charge on any atom is -0.200 e. The van der Waals surface area contributed by atoms with Gasteiger partial charge in [-0.2, -0.15) is 4.98 Å². The highest BCUT2D eigenvalue weighted by Crippen LogP contribution is 2.39. The quantitative estimate of drug-likeness (QED) is 0.262. The molecule has 5 nitrogen and oxygen atoms in total. The maximum absolute atomic E-state index is 6.00. The molecule has 0 amide bonds. The molecule has 0 saturated heterocycles. The molecule has 2 aromatic heterocycles. The molecule has 30 heavy (non-hydrogen) atoms. The first-order valence-corrected chi connectivity index (χ1v) is 10.6. The first-order valence-electron chi connectivity index (χ1n) is 9.05. The molecule has 0 spiro atoms. The minimum atomic E-state index is 0.635. The Labute approximate surface area is 186 Å². The third-order valence-corrected chi connectivity index (χ3v) is 5.83. The van der Waals surface area contributed by atoms with Crippen LogP contribution in [0.25, 0.3) is 27.6 Å². The molecule has 0 aliphatic carbocycles. The molecule has 0 atom stereocenters. The van der Waals surface area contributed by atoms with Crippen molar-refractivity contribution >= 4 is 50.2 Å². The number of hydrogen-bond donors (Lipinski definition) is 0. The molecule has 0 saturated carbocycles. The number of halogens is 2. The lowest BCUT2D eigenvalue weighted by atomic mass is 10.2. The van der Waals surface area contributed by atoms with Gasteiger partial charge < -0.3 is 0 Å². The number of benzene rings is 3. The summed E-state index contributed by atoms with van der Waals surface area (Å²) in [6, 6.07) is 24.7. The van der Waals surface area contributed by atoms with Crippen molar-refractivity contribution in [3.63, 3.8) is 0 Å². The van der Waals surface area contributed by atoms with Gasteiger partial charge in [0.25, 0.3) is 0 Å². The molecule has 3 aromatic carbocycles. The Morgan fingerprint density at radius 2 is 1.40 bits per heavy atom. The number of thiazole rings is 1. The first-order chi connectivity index (χ1) is 14.7. The van der Waals surface area contributed by atoms with Crippen LogP contribution in [-0.2, 0) is 0 Å². The normalized spacial score (nSPS) is 11.5. The summed E-state index contributed by atoms with van der Waals surface area (Å²) in [7, 11) is 0. The highest BCUT2D eigenvalue weighted by Gasteiger charge is 2.18. The van der Waals surface area contributed by atoms with Gasteiger partial charge in [0.2, 0.25) is 4.96 Å². The van der Waals surface area contributed by atoms with Crippen molar-refractivity contribution in [3.8, 4) is 22.6 Å². The fourth-order valence-corrected chi connectivity index (χ4v) is 4.13. The summed E-state index contributed by atoms with van der Waals surface area (Å²) in [6.07, 6.45) is 0. The van der Waals surface area contributed by atoms with E-state index < -0.39 is 0 Å². The lowest BCUT2D eigenvalue weighted by molar-refractivity contribution is 0.987. The Morgan fingerprint density at radius 1 is 0.733 bits per heavy atom. The smallest absolute Gasteiger partial charge is 0.200 e. The van der Waals surface area contributed by atoms with Gasteiger partial charge in [-0.3, -0.25) is 0 Å². The van der Waals surface area contributed by atoms with Crippen molar-refractivity contribution in [3.05, 3.63) is 88.9 Å². The Balaban J connectivity index is 1.62. The zero-order valence-electron chi connectivity index (χ0n) is 15.4. The monoisotopic (exact) mass is 449 g/mol. The molecule has 5 aromatic rings. The van der Waals surface area contributed by atoms with Crippen LogP contribution >= 0.6 is 34.5 Å². The van der Waals surface area contributed by atoms with E-state index in [1.54, 1.807) is 12.1 Å². The second-order valence-electron chi connectivity index (χ2n) is 6.43. The highest BCUT2D eigenvalue weighted by molar-refractivity contribution is 7.21. The maximum Gasteiger partial charge on any atom is 0.215 e. The predicted octanol–water partition coefficient (Wildman–Crippen LogP) is 7.85. The molecular weight excluding hydrogens is 437 g/mol. The van der Waals surface area contributed by atoms with Crippen molar-refractivity contribution in [1.82, 2.24) is 14.6 Å². The van der Waals surface area contributed by atoms with Gasteiger partial charge in [0, 0.05) is 21.2 Å². The molecule has 0 bridgehead atoms. The van der Waals surface area contributed by atoms with Gasteiger partial charge in [0.15, 0.2) is 10.8 Å². The van der Waals surface area contributed by atoms with Crippen LogP contribution in [0.15, 0.2) is 89.1 Å². The van der Waals surface area contributed by atoms with E-state index in [0.29, 0.717) is 15.9 Å². The summed E-state index contributed by atoms with van der Waals surface area (Å²) in [5.74, 6) is 0.635. The Hall–Kier alpha value is -3.06. The zero-order valence-corrected chi connectivity index (χ0v) is 17.7. The second-order valence-corrected chi connectivity index (χ2v) is 8.26. The number of azo groups is 1. The van der Waals surface area contributed by atoms with E-state index in [1.807, 2.05) is 71.2 Å². The average Bonchev–Trinajstić information content (AvgIpc) is 3.32. The number of hydrogen-bond acceptors (Lipinski definition) is 5. The van der Waals surface area contributed by atoms with E-state index in [9.17, 15) is 0 Å². The van der Waals surface area contributed by atoms with Gasteiger partial charge in [-0.25, -0.2) is 4.52 Å². The van der Waals surface area contributed by atoms with Crippen LogP contribution in [0.1, 0.15) is 0 Å². The van der Waals surface area contributed by atoms with Crippen LogP contribution < -0.4 is 0 Å². The molecular formula is C22H13Cl2N5S. The fraction of sp³-hybridized carbons (Fsp3) is 0. The lowest BCUT2D eigenvalue weighted by Gasteiger charge is -2.01. The molecule has 8 heteroatoms. The zero-order chi connectivity index (χ0) is 20.5. The second kappa shape index (κ2) is 7.99. The Bertz CT molecular complexity index is 1340. The minimum absolute atomic E-state index is 0.635. The summed E-state index contributed by atoms with van der Waals surface area (Å²) in [5.41, 5.74) is 3.46. The van der Waals surface area contributed by atoms with Crippen molar-refractivity contribution in [2.24, 2.45) is 10.2 Å². The van der Waals surface area contributed by atoms with Crippen LogP contribution in [0.4, 0.5) is 10.7 Å². The van der Waals surface area contributed by atoms with Crippen LogP contribution in [0.5, 0.6) is 0 Å². The number of nitrogens with zero attached hydrogens (tertiary/aromatic N) is 5. The molecule has 0 unspecified atom stereocenters. The standard InChI is InChI=1S/C22H13Cl2N5S/c23-16-8-6-15(7-9-16)20-25-22-29(28-20)19(14-4-2-1-3-5-14)21(30-22)27-26-18-12-10-17(24)11-13-18/h1-13H. The molecule has 2 heterocycles. The highest BCUT2D eigenvalue weighted by atomic mass is 35.5. The first kappa shape index (κ1) is 18.9. The number of rotatable bonds is 4. The van der Waals surface area contributed by atoms with Crippen LogP contribution in [0, 0.1) is 0 Å². The van der Waals surface area contributed by atoms with Crippen molar-refractivity contribution in [2.45, 2.75) is 0 Å². The largest absolute Gasteiger partial charge is 0.215 e. The third-order valence-electron chi connectivity index (χ3n) is 4.41. The average molecular weight is 450 g/mol. The van der Waals surface area contributed by atoms with Crippen LogP contribution in [0.3, 0.4) is 0 Å². The molecule has 0 fully saturated rings. The summed E-state index contributed by atoms with van der Waals surface area (Å²) in [5, 5.41) is 15.6. The van der Waals surface area contributed by atoms with Gasteiger partial charge in [0.1, 0.15) is 5.69 Å². The Kier molecular flexibility index (Phi) is 5.04. The van der Waals surface area contributed by atoms with Gasteiger partial charge in [-0.1, -0.05) is 64.9 Å². The third kappa shape index (κ3) is 3.73. The van der Waals surface area contributed by atoms with Gasteiger partial charge >= 0.3 is 0 Å². The fourth-order valence-electron chi connectivity index (χ4n) is 2.98. The van der Waals surface area contributed by atoms with Crippen molar-refractivity contribution in [1.29, 1.82) is 0 Å². The van der Waals surface area contributed by atoms with E-state index in [4.69, 9.17) is 33.3 Å². The van der Waals surface area contributed by atoms with Crippen LogP contribution in [-0.4, -0.2) is 14.6 Å². The Morgan fingerprint density at radius 3 is 2.10 bits per heavy atom. The molecule has 0 aliphatic heterocycles. The van der Waals surface area contributed by atoms with Crippen LogP contribution in [0.2, 0.25) is 10.0 Å². The molecule has 146 valence electrons. The summed E-state index contributed by atoms with van der Waals surface area (Å²) in [4.78, 5) is 5.43. The number of fused-ring (bicyclic) bond motifs is 1. The van der Waals surface area contributed by atoms with Gasteiger partial charge in [0.05, 0.1) is 5.69 Å². The van der Waals surface area contributed by atoms with Gasteiger partial charge in [-0.05, 0) is 48.5 Å². The van der Waals surface area contributed by atoms with E-state index in [-0.39, 0.29) is 0 Å². The number of aromatic nitrogens is 3. The summed E-state index contributed by atoms with van der Waals surface area (Å²) < 4.78 is 1.82.